The SMILES string of the molecule is Cc1cc(C)nc(Nc2ccccc2)n1.Cc1cc(C)nc(Nc2ccccc2)n1. The molecule has 0 radical (unpaired) electrons. The minimum Gasteiger partial charge on any atom is -0.324 e. The average Bonchev–Trinajstić information content (AvgIpc) is 2.68. The van der Waals surface area contributed by atoms with Gasteiger partial charge in [-0.25, -0.2) is 19.9 Å². The monoisotopic (exact) mass is 398 g/mol. The molecule has 4 aromatic rings. The number of hydrogen-bond acceptors (Lipinski definition) is 6. The van der Waals surface area contributed by atoms with Crippen molar-refractivity contribution in [3.05, 3.63) is 95.6 Å². The Morgan fingerprint density at radius 2 is 0.767 bits per heavy atom. The van der Waals surface area contributed by atoms with Crippen LogP contribution in [-0.2, 0) is 0 Å². The third kappa shape index (κ3) is 6.67. The highest BCUT2D eigenvalue weighted by atomic mass is 15.1. The third-order valence-corrected chi connectivity index (χ3v) is 4.02. The van der Waals surface area contributed by atoms with Crippen LogP contribution in [-0.4, -0.2) is 19.9 Å². The van der Waals surface area contributed by atoms with E-state index in [9.17, 15) is 0 Å². The van der Waals surface area contributed by atoms with Crippen molar-refractivity contribution in [1.82, 2.24) is 19.9 Å². The number of para-hydroxylation sites is 2. The Labute approximate surface area is 177 Å². The van der Waals surface area contributed by atoms with Gasteiger partial charge in [0.25, 0.3) is 0 Å². The van der Waals surface area contributed by atoms with Gasteiger partial charge in [-0.3, -0.25) is 0 Å². The van der Waals surface area contributed by atoms with Crippen molar-refractivity contribution < 1.29 is 0 Å². The number of benzene rings is 2. The summed E-state index contributed by atoms with van der Waals surface area (Å²) in [5.41, 5.74) is 5.90. The normalized spacial score (nSPS) is 10.0. The van der Waals surface area contributed by atoms with Crippen molar-refractivity contribution in [2.24, 2.45) is 0 Å². The van der Waals surface area contributed by atoms with Gasteiger partial charge in [-0.15, -0.1) is 0 Å². The zero-order chi connectivity index (χ0) is 21.3. The maximum atomic E-state index is 4.31. The zero-order valence-corrected chi connectivity index (χ0v) is 17.7. The summed E-state index contributed by atoms with van der Waals surface area (Å²) in [5.74, 6) is 1.30. The second kappa shape index (κ2) is 10.1. The lowest BCUT2D eigenvalue weighted by molar-refractivity contribution is 1.06. The summed E-state index contributed by atoms with van der Waals surface area (Å²) >= 11 is 0. The number of hydrogen-bond donors (Lipinski definition) is 2. The molecule has 4 rings (SSSR count). The van der Waals surface area contributed by atoms with E-state index >= 15 is 0 Å². The molecule has 0 saturated carbocycles. The standard InChI is InChI=1S/2C12H13N3/c2*1-9-8-10(2)14-12(13-9)15-11-6-4-3-5-7-11/h2*3-8H,1-2H3,(H,13,14,15). The number of aromatic nitrogens is 4. The van der Waals surface area contributed by atoms with Crippen molar-refractivity contribution in [2.45, 2.75) is 27.7 Å². The second-order valence-corrected chi connectivity index (χ2v) is 6.93. The summed E-state index contributed by atoms with van der Waals surface area (Å²) in [4.78, 5) is 17.2. The Hall–Kier alpha value is -3.80. The van der Waals surface area contributed by atoms with E-state index in [1.54, 1.807) is 0 Å². The molecule has 0 amide bonds. The number of aryl methyl sites for hydroxylation is 4. The minimum atomic E-state index is 0.652. The molecule has 2 aromatic carbocycles. The molecule has 0 spiro atoms. The van der Waals surface area contributed by atoms with Gasteiger partial charge >= 0.3 is 0 Å². The van der Waals surface area contributed by atoms with Crippen LogP contribution in [0.5, 0.6) is 0 Å². The Kier molecular flexibility index (Phi) is 7.05. The number of nitrogens with one attached hydrogen (secondary N) is 2. The molecule has 0 saturated heterocycles. The fraction of sp³-hybridized carbons (Fsp3) is 0.167. The lowest BCUT2D eigenvalue weighted by atomic mass is 10.3. The molecule has 30 heavy (non-hydrogen) atoms. The van der Waals surface area contributed by atoms with Crippen LogP contribution in [0.1, 0.15) is 22.8 Å². The smallest absolute Gasteiger partial charge is 0.227 e. The highest BCUT2D eigenvalue weighted by Gasteiger charge is 2.00. The first-order chi connectivity index (χ1) is 14.5. The molecule has 6 nitrogen and oxygen atoms in total. The van der Waals surface area contributed by atoms with Crippen LogP contribution in [0.2, 0.25) is 0 Å². The van der Waals surface area contributed by atoms with Gasteiger partial charge in [0.1, 0.15) is 0 Å². The summed E-state index contributed by atoms with van der Waals surface area (Å²) in [6.07, 6.45) is 0. The Balaban J connectivity index is 0.000000171. The van der Waals surface area contributed by atoms with Gasteiger partial charge in [-0.2, -0.15) is 0 Å². The first-order valence-electron chi connectivity index (χ1n) is 9.76. The Morgan fingerprint density at radius 3 is 1.07 bits per heavy atom. The van der Waals surface area contributed by atoms with Gasteiger partial charge in [0, 0.05) is 34.2 Å². The third-order valence-electron chi connectivity index (χ3n) is 4.02. The first kappa shape index (κ1) is 20.9. The molecule has 6 heteroatoms. The van der Waals surface area contributed by atoms with Crippen LogP contribution in [0.4, 0.5) is 23.3 Å². The van der Waals surface area contributed by atoms with E-state index in [1.807, 2.05) is 100 Å². The topological polar surface area (TPSA) is 75.6 Å². The minimum absolute atomic E-state index is 0.652. The lowest BCUT2D eigenvalue weighted by Gasteiger charge is -2.05. The fourth-order valence-corrected chi connectivity index (χ4v) is 2.86. The van der Waals surface area contributed by atoms with Gasteiger partial charge < -0.3 is 10.6 Å². The predicted molar refractivity (Wildman–Crippen MR) is 122 cm³/mol. The van der Waals surface area contributed by atoms with Crippen molar-refractivity contribution in [3.63, 3.8) is 0 Å². The van der Waals surface area contributed by atoms with Crippen LogP contribution >= 0.6 is 0 Å². The maximum Gasteiger partial charge on any atom is 0.227 e. The molecule has 0 bridgehead atoms. The number of rotatable bonds is 4. The van der Waals surface area contributed by atoms with Gasteiger partial charge in [0.05, 0.1) is 0 Å². The second-order valence-electron chi connectivity index (χ2n) is 6.93. The molecular weight excluding hydrogens is 372 g/mol. The highest BCUT2D eigenvalue weighted by Crippen LogP contribution is 2.13. The van der Waals surface area contributed by atoms with Crippen molar-refractivity contribution in [1.29, 1.82) is 0 Å². The van der Waals surface area contributed by atoms with E-state index < -0.39 is 0 Å². The first-order valence-corrected chi connectivity index (χ1v) is 9.76. The quantitative estimate of drug-likeness (QED) is 0.461. The van der Waals surface area contributed by atoms with E-state index in [1.165, 1.54) is 0 Å². The van der Waals surface area contributed by atoms with Crippen molar-refractivity contribution in [3.8, 4) is 0 Å². The summed E-state index contributed by atoms with van der Waals surface area (Å²) in [6, 6.07) is 23.7. The van der Waals surface area contributed by atoms with Gasteiger partial charge in [0.15, 0.2) is 0 Å². The van der Waals surface area contributed by atoms with Crippen molar-refractivity contribution in [2.75, 3.05) is 10.6 Å². The lowest BCUT2D eigenvalue weighted by Crippen LogP contribution is -1.99. The molecule has 0 aliphatic carbocycles. The number of nitrogens with zero attached hydrogens (tertiary/aromatic N) is 4. The van der Waals surface area contributed by atoms with E-state index in [0.717, 1.165) is 34.2 Å². The molecule has 2 heterocycles. The van der Waals surface area contributed by atoms with Gasteiger partial charge in [-0.05, 0) is 64.1 Å². The Morgan fingerprint density at radius 1 is 0.467 bits per heavy atom. The van der Waals surface area contributed by atoms with Crippen LogP contribution in [0.15, 0.2) is 72.8 Å². The summed E-state index contributed by atoms with van der Waals surface area (Å²) in [5, 5.41) is 6.33. The molecule has 2 aromatic heterocycles. The van der Waals surface area contributed by atoms with E-state index in [2.05, 4.69) is 30.6 Å². The molecule has 0 atom stereocenters. The van der Waals surface area contributed by atoms with Crippen LogP contribution in [0.3, 0.4) is 0 Å². The molecular formula is C24H26N6. The van der Waals surface area contributed by atoms with E-state index in [0.29, 0.717) is 11.9 Å². The van der Waals surface area contributed by atoms with Gasteiger partial charge in [0.2, 0.25) is 11.9 Å². The molecule has 0 aliphatic heterocycles. The molecule has 0 fully saturated rings. The van der Waals surface area contributed by atoms with E-state index in [4.69, 9.17) is 0 Å². The molecule has 2 N–H and O–H groups in total. The summed E-state index contributed by atoms with van der Waals surface area (Å²) in [7, 11) is 0. The summed E-state index contributed by atoms with van der Waals surface area (Å²) in [6.45, 7) is 7.85. The average molecular weight is 399 g/mol. The molecule has 152 valence electrons. The molecule has 0 aliphatic rings. The zero-order valence-electron chi connectivity index (χ0n) is 17.7. The number of anilines is 4. The van der Waals surface area contributed by atoms with Crippen LogP contribution in [0.25, 0.3) is 0 Å². The van der Waals surface area contributed by atoms with Gasteiger partial charge in [-0.1, -0.05) is 36.4 Å². The Bertz CT molecular complexity index is 952. The highest BCUT2D eigenvalue weighted by molar-refractivity contribution is 5.53. The maximum absolute atomic E-state index is 4.31. The summed E-state index contributed by atoms with van der Waals surface area (Å²) < 4.78 is 0. The van der Waals surface area contributed by atoms with Crippen LogP contribution in [0, 0.1) is 27.7 Å². The van der Waals surface area contributed by atoms with E-state index in [-0.39, 0.29) is 0 Å². The fourth-order valence-electron chi connectivity index (χ4n) is 2.86. The molecule has 0 unspecified atom stereocenters. The largest absolute Gasteiger partial charge is 0.324 e. The van der Waals surface area contributed by atoms with Crippen molar-refractivity contribution >= 4 is 23.3 Å². The predicted octanol–water partition coefficient (Wildman–Crippen LogP) is 5.67. The van der Waals surface area contributed by atoms with Crippen LogP contribution < -0.4 is 10.6 Å².